The number of non-ortho nitro benzene ring substituents is 2. The molecule has 2 aromatic rings. The molecule has 2 aromatic carbocycles. The largest absolute Gasteiger partial charge is 0.471 e. The molecule has 0 amide bonds. The second-order valence-corrected chi connectivity index (χ2v) is 5.30. The summed E-state index contributed by atoms with van der Waals surface area (Å²) >= 11 is 0. The molecule has 0 fully saturated rings. The topological polar surface area (TPSA) is 117 Å². The van der Waals surface area contributed by atoms with Gasteiger partial charge in [-0.05, 0) is 40.5 Å². The fourth-order valence-electron chi connectivity index (χ4n) is 1.90. The fraction of sp³-hybridized carbons (Fsp3) is 0.188. The Morgan fingerprint density at radius 1 is 0.857 bits per heavy atom. The standard InChI is InChI=1S/C16H12F3N3O6/c17-16(18,19)15(27-9-11-1-5-13(6-2-11)21(23)24)20-28-10-12-3-7-14(8-4-12)22(25)26/h1-8H,9-10H2/b20-15-. The maximum Gasteiger partial charge on any atom is 0.471 e. The molecule has 0 spiro atoms. The zero-order chi connectivity index (χ0) is 20.7. The highest BCUT2D eigenvalue weighted by atomic mass is 19.4. The van der Waals surface area contributed by atoms with Gasteiger partial charge in [-0.3, -0.25) is 20.2 Å². The van der Waals surface area contributed by atoms with Crippen molar-refractivity contribution in [3.05, 3.63) is 79.9 Å². The van der Waals surface area contributed by atoms with E-state index in [1.807, 2.05) is 0 Å². The summed E-state index contributed by atoms with van der Waals surface area (Å²) in [6.45, 7) is -0.893. The van der Waals surface area contributed by atoms with Crippen molar-refractivity contribution >= 4 is 17.3 Å². The van der Waals surface area contributed by atoms with E-state index >= 15 is 0 Å². The highest BCUT2D eigenvalue weighted by molar-refractivity contribution is 5.81. The smallest absolute Gasteiger partial charge is 0.467 e. The number of nitro groups is 2. The summed E-state index contributed by atoms with van der Waals surface area (Å²) in [7, 11) is 0. The maximum absolute atomic E-state index is 13.0. The van der Waals surface area contributed by atoms with Crippen molar-refractivity contribution in [2.75, 3.05) is 0 Å². The molecule has 2 rings (SSSR count). The number of hydrogen-bond donors (Lipinski definition) is 0. The lowest BCUT2D eigenvalue weighted by Gasteiger charge is -2.11. The van der Waals surface area contributed by atoms with Crippen molar-refractivity contribution < 1.29 is 32.6 Å². The molecule has 0 aliphatic rings. The van der Waals surface area contributed by atoms with E-state index in [1.165, 1.54) is 36.4 Å². The Morgan fingerprint density at radius 3 is 1.68 bits per heavy atom. The summed E-state index contributed by atoms with van der Waals surface area (Å²) in [5, 5.41) is 24.0. The first-order chi connectivity index (χ1) is 13.2. The molecular formula is C16H12F3N3O6. The minimum atomic E-state index is -4.92. The average Bonchev–Trinajstić information content (AvgIpc) is 2.64. The third-order valence-corrected chi connectivity index (χ3v) is 3.29. The number of nitro benzene ring substituents is 2. The highest BCUT2D eigenvalue weighted by Gasteiger charge is 2.39. The fourth-order valence-corrected chi connectivity index (χ4v) is 1.90. The Bertz CT molecular complexity index is 867. The van der Waals surface area contributed by atoms with Crippen molar-refractivity contribution in [3.63, 3.8) is 0 Å². The van der Waals surface area contributed by atoms with Crippen molar-refractivity contribution in [1.29, 1.82) is 0 Å². The van der Waals surface area contributed by atoms with Gasteiger partial charge in [0.15, 0.2) is 0 Å². The highest BCUT2D eigenvalue weighted by Crippen LogP contribution is 2.21. The van der Waals surface area contributed by atoms with E-state index in [0.29, 0.717) is 5.56 Å². The van der Waals surface area contributed by atoms with Gasteiger partial charge >= 0.3 is 12.1 Å². The van der Waals surface area contributed by atoms with Gasteiger partial charge in [-0.25, -0.2) is 0 Å². The number of nitrogens with zero attached hydrogens (tertiary/aromatic N) is 3. The van der Waals surface area contributed by atoms with Crippen LogP contribution in [0.25, 0.3) is 0 Å². The van der Waals surface area contributed by atoms with Crippen molar-refractivity contribution in [1.82, 2.24) is 0 Å². The molecule has 0 unspecified atom stereocenters. The molecule has 0 aliphatic carbocycles. The van der Waals surface area contributed by atoms with Crippen molar-refractivity contribution in [2.45, 2.75) is 19.4 Å². The van der Waals surface area contributed by atoms with Crippen LogP contribution in [0.5, 0.6) is 0 Å². The van der Waals surface area contributed by atoms with Gasteiger partial charge in [-0.1, -0.05) is 0 Å². The van der Waals surface area contributed by atoms with Crippen molar-refractivity contribution in [3.8, 4) is 0 Å². The van der Waals surface area contributed by atoms with E-state index in [4.69, 9.17) is 0 Å². The zero-order valence-corrected chi connectivity index (χ0v) is 14.0. The van der Waals surface area contributed by atoms with Crippen LogP contribution in [0.15, 0.2) is 53.7 Å². The third kappa shape index (κ3) is 5.93. The predicted molar refractivity (Wildman–Crippen MR) is 89.3 cm³/mol. The second-order valence-electron chi connectivity index (χ2n) is 5.30. The SMILES string of the molecule is O=[N+]([O-])c1ccc(CO/N=C(\OCc2ccc([N+](=O)[O-])cc2)C(F)(F)F)cc1. The average molecular weight is 399 g/mol. The molecule has 0 saturated heterocycles. The minimum Gasteiger partial charge on any atom is -0.467 e. The van der Waals surface area contributed by atoms with Crippen molar-refractivity contribution in [2.24, 2.45) is 5.16 Å². The Hall–Kier alpha value is -3.70. The summed E-state index contributed by atoms with van der Waals surface area (Å²) in [5.41, 5.74) is 0.249. The molecule has 148 valence electrons. The number of rotatable bonds is 7. The quantitative estimate of drug-likeness (QED) is 0.299. The summed E-state index contributed by atoms with van der Waals surface area (Å²) in [5.74, 6) is -1.63. The first-order valence-electron chi connectivity index (χ1n) is 7.53. The summed E-state index contributed by atoms with van der Waals surface area (Å²) in [4.78, 5) is 24.5. The first kappa shape index (κ1) is 20.6. The van der Waals surface area contributed by atoms with Crippen LogP contribution in [0.3, 0.4) is 0 Å². The van der Waals surface area contributed by atoms with E-state index in [9.17, 15) is 33.4 Å². The summed E-state index contributed by atoms with van der Waals surface area (Å²) < 4.78 is 43.5. The normalized spacial score (nSPS) is 11.8. The number of oxime groups is 1. The van der Waals surface area contributed by atoms with Crippen LogP contribution in [0.2, 0.25) is 0 Å². The lowest BCUT2D eigenvalue weighted by atomic mass is 10.2. The molecule has 12 heteroatoms. The molecule has 0 bridgehead atoms. The van der Waals surface area contributed by atoms with Crippen LogP contribution in [0.4, 0.5) is 24.5 Å². The molecule has 0 aromatic heterocycles. The van der Waals surface area contributed by atoms with Gasteiger partial charge in [0.05, 0.1) is 9.85 Å². The summed E-state index contributed by atoms with van der Waals surface area (Å²) in [6, 6.07) is 9.77. The lowest BCUT2D eigenvalue weighted by molar-refractivity contribution is -0.385. The molecular weight excluding hydrogens is 387 g/mol. The number of benzene rings is 2. The van der Waals surface area contributed by atoms with E-state index in [-0.39, 0.29) is 23.5 Å². The first-order valence-corrected chi connectivity index (χ1v) is 7.53. The Morgan fingerprint density at radius 2 is 1.29 bits per heavy atom. The number of alkyl halides is 3. The predicted octanol–water partition coefficient (Wildman–Crippen LogP) is 4.11. The molecule has 28 heavy (non-hydrogen) atoms. The van der Waals surface area contributed by atoms with Crippen LogP contribution in [0.1, 0.15) is 11.1 Å². The van der Waals surface area contributed by atoms with E-state index in [1.54, 1.807) is 0 Å². The number of halogens is 3. The Labute approximate surface area is 155 Å². The van der Waals surface area contributed by atoms with Crippen LogP contribution in [0, 0.1) is 20.2 Å². The van der Waals surface area contributed by atoms with Gasteiger partial charge in [0.2, 0.25) is 0 Å². The van der Waals surface area contributed by atoms with Gasteiger partial charge in [0.25, 0.3) is 11.4 Å². The van der Waals surface area contributed by atoms with Gasteiger partial charge in [0, 0.05) is 24.3 Å². The van der Waals surface area contributed by atoms with Gasteiger partial charge in [-0.15, -0.1) is 0 Å². The van der Waals surface area contributed by atoms with E-state index < -0.39 is 28.5 Å². The van der Waals surface area contributed by atoms with Crippen LogP contribution in [-0.4, -0.2) is 21.9 Å². The lowest BCUT2D eigenvalue weighted by Crippen LogP contribution is -2.26. The van der Waals surface area contributed by atoms with Gasteiger partial charge in [-0.2, -0.15) is 13.2 Å². The summed E-state index contributed by atoms with van der Waals surface area (Å²) in [6.07, 6.45) is -4.92. The van der Waals surface area contributed by atoms with Gasteiger partial charge in [0.1, 0.15) is 13.2 Å². The van der Waals surface area contributed by atoms with E-state index in [0.717, 1.165) is 12.1 Å². The monoisotopic (exact) mass is 399 g/mol. The zero-order valence-electron chi connectivity index (χ0n) is 14.0. The second kappa shape index (κ2) is 8.79. The molecule has 0 N–H and O–H groups in total. The Balaban J connectivity index is 1.98. The van der Waals surface area contributed by atoms with Crippen LogP contribution >= 0.6 is 0 Å². The maximum atomic E-state index is 13.0. The van der Waals surface area contributed by atoms with Crippen LogP contribution in [-0.2, 0) is 22.8 Å². The minimum absolute atomic E-state index is 0.172. The van der Waals surface area contributed by atoms with Crippen LogP contribution < -0.4 is 0 Å². The number of ether oxygens (including phenoxy) is 1. The molecule has 0 radical (unpaired) electrons. The third-order valence-electron chi connectivity index (χ3n) is 3.29. The Kier molecular flexibility index (Phi) is 6.47. The molecule has 0 atom stereocenters. The molecule has 0 heterocycles. The molecule has 9 nitrogen and oxygen atoms in total. The molecule has 0 saturated carbocycles. The number of hydrogen-bond acceptors (Lipinski definition) is 7. The molecule has 0 aliphatic heterocycles. The van der Waals surface area contributed by atoms with E-state index in [2.05, 4.69) is 14.7 Å². The van der Waals surface area contributed by atoms with Gasteiger partial charge < -0.3 is 9.57 Å².